The van der Waals surface area contributed by atoms with Gasteiger partial charge in [-0.05, 0) is 0 Å². The maximum absolute atomic E-state index is 13.8. The lowest BCUT2D eigenvalue weighted by Gasteiger charge is -2.12. The zero-order chi connectivity index (χ0) is 19.6. The largest absolute Gasteiger partial charge is 0.545 e. The molecular formula is C15H6F4NO5S-. The van der Waals surface area contributed by atoms with Crippen LogP contribution in [0.5, 0.6) is 0 Å². The number of hydrogen-bond donors (Lipinski definition) is 0. The minimum absolute atomic E-state index is 0.0769. The third-order valence-electron chi connectivity index (χ3n) is 3.15. The highest BCUT2D eigenvalue weighted by atomic mass is 32.2. The molecule has 0 N–H and O–H groups in total. The second-order valence-corrected chi connectivity index (χ2v) is 5.75. The van der Waals surface area contributed by atoms with E-state index in [0.717, 1.165) is 12.1 Å². The SMILES string of the molecule is O=C(CSc1c(F)c(F)c(C(=O)[O-])c(F)c1F)c1cccc([N+](=O)[O-])c1. The van der Waals surface area contributed by atoms with E-state index in [-0.39, 0.29) is 17.3 Å². The number of carbonyl (C=O) groups excluding carboxylic acids is 2. The van der Waals surface area contributed by atoms with Crippen LogP contribution in [-0.4, -0.2) is 22.4 Å². The van der Waals surface area contributed by atoms with Gasteiger partial charge in [0.1, 0.15) is 0 Å². The van der Waals surface area contributed by atoms with Gasteiger partial charge < -0.3 is 9.90 Å². The number of nitro groups is 1. The summed E-state index contributed by atoms with van der Waals surface area (Å²) >= 11 is 0.0769. The maximum Gasteiger partial charge on any atom is 0.270 e. The summed E-state index contributed by atoms with van der Waals surface area (Å²) in [4.78, 5) is 31.2. The minimum atomic E-state index is -2.44. The Bertz CT molecular complexity index is 905. The molecule has 11 heteroatoms. The van der Waals surface area contributed by atoms with Crippen LogP contribution in [0.3, 0.4) is 0 Å². The molecule has 26 heavy (non-hydrogen) atoms. The van der Waals surface area contributed by atoms with Crippen molar-refractivity contribution in [1.29, 1.82) is 0 Å². The molecule has 136 valence electrons. The van der Waals surface area contributed by atoms with Crippen LogP contribution >= 0.6 is 11.8 Å². The molecule has 6 nitrogen and oxygen atoms in total. The van der Waals surface area contributed by atoms with Crippen molar-refractivity contribution >= 4 is 29.2 Å². The van der Waals surface area contributed by atoms with E-state index in [1.165, 1.54) is 12.1 Å². The van der Waals surface area contributed by atoms with Crippen LogP contribution in [0.25, 0.3) is 0 Å². The van der Waals surface area contributed by atoms with Crippen molar-refractivity contribution in [2.45, 2.75) is 4.90 Å². The van der Waals surface area contributed by atoms with Gasteiger partial charge in [0.15, 0.2) is 29.1 Å². The van der Waals surface area contributed by atoms with Crippen LogP contribution < -0.4 is 5.11 Å². The van der Waals surface area contributed by atoms with Crippen LogP contribution in [0.1, 0.15) is 20.7 Å². The van der Waals surface area contributed by atoms with Crippen LogP contribution in [-0.2, 0) is 0 Å². The van der Waals surface area contributed by atoms with E-state index in [4.69, 9.17) is 0 Å². The van der Waals surface area contributed by atoms with E-state index in [1.807, 2.05) is 0 Å². The zero-order valence-corrected chi connectivity index (χ0v) is 13.2. The lowest BCUT2D eigenvalue weighted by molar-refractivity contribution is -0.384. The Balaban J connectivity index is 2.30. The fraction of sp³-hybridized carbons (Fsp3) is 0.0667. The second kappa shape index (κ2) is 7.52. The number of carboxylic acids is 1. The van der Waals surface area contributed by atoms with E-state index in [1.54, 1.807) is 0 Å². The highest BCUT2D eigenvalue weighted by Gasteiger charge is 2.27. The topological polar surface area (TPSA) is 100 Å². The van der Waals surface area contributed by atoms with Crippen molar-refractivity contribution in [2.24, 2.45) is 0 Å². The molecule has 0 aliphatic heterocycles. The van der Waals surface area contributed by atoms with E-state index in [9.17, 15) is 42.4 Å². The van der Waals surface area contributed by atoms with Crippen molar-refractivity contribution in [3.8, 4) is 0 Å². The molecule has 0 bridgehead atoms. The molecular weight excluding hydrogens is 382 g/mol. The Morgan fingerprint density at radius 2 is 1.62 bits per heavy atom. The molecule has 0 saturated heterocycles. The molecule has 2 rings (SSSR count). The molecule has 0 atom stereocenters. The number of benzene rings is 2. The van der Waals surface area contributed by atoms with Gasteiger partial charge in [-0.15, -0.1) is 11.8 Å². The van der Waals surface area contributed by atoms with Gasteiger partial charge in [-0.25, -0.2) is 17.6 Å². The normalized spacial score (nSPS) is 10.6. The number of ketones is 1. The number of thioether (sulfide) groups is 1. The number of carboxylic acid groups (broad SMARTS) is 1. The first-order valence-electron chi connectivity index (χ1n) is 6.62. The lowest BCUT2D eigenvalue weighted by Crippen LogP contribution is -2.26. The highest BCUT2D eigenvalue weighted by molar-refractivity contribution is 8.00. The van der Waals surface area contributed by atoms with Gasteiger partial charge in [0.25, 0.3) is 5.69 Å². The quantitative estimate of drug-likeness (QED) is 0.188. The van der Waals surface area contributed by atoms with Gasteiger partial charge in [-0.2, -0.15) is 0 Å². The zero-order valence-electron chi connectivity index (χ0n) is 12.4. The van der Waals surface area contributed by atoms with Gasteiger partial charge in [0, 0.05) is 17.7 Å². The predicted molar refractivity (Wildman–Crippen MR) is 78.8 cm³/mol. The number of hydrogen-bond acceptors (Lipinski definition) is 6. The molecule has 0 fully saturated rings. The van der Waals surface area contributed by atoms with E-state index in [0.29, 0.717) is 0 Å². The van der Waals surface area contributed by atoms with Crippen molar-refractivity contribution in [2.75, 3.05) is 5.75 Å². The summed E-state index contributed by atoms with van der Waals surface area (Å²) in [6.45, 7) is 0. The summed E-state index contributed by atoms with van der Waals surface area (Å²) in [7, 11) is 0. The summed E-state index contributed by atoms with van der Waals surface area (Å²) in [5.41, 5.74) is -2.44. The minimum Gasteiger partial charge on any atom is -0.545 e. The monoisotopic (exact) mass is 388 g/mol. The number of carbonyl (C=O) groups is 2. The maximum atomic E-state index is 13.8. The summed E-state index contributed by atoms with van der Waals surface area (Å²) in [5, 5.41) is 21.2. The smallest absolute Gasteiger partial charge is 0.270 e. The Morgan fingerprint density at radius 3 is 2.12 bits per heavy atom. The summed E-state index contributed by atoms with van der Waals surface area (Å²) < 4.78 is 54.7. The Hall–Kier alpha value is -2.95. The Kier molecular flexibility index (Phi) is 5.60. The Morgan fingerprint density at radius 1 is 1.04 bits per heavy atom. The number of halogens is 4. The van der Waals surface area contributed by atoms with Crippen molar-refractivity contribution < 1.29 is 37.2 Å². The lowest BCUT2D eigenvalue weighted by atomic mass is 10.1. The molecule has 0 heterocycles. The summed E-state index contributed by atoms with van der Waals surface area (Å²) in [6.07, 6.45) is 0. The average Bonchev–Trinajstić information content (AvgIpc) is 2.59. The first-order chi connectivity index (χ1) is 12.1. The molecule has 0 aliphatic carbocycles. The molecule has 0 radical (unpaired) electrons. The number of Topliss-reactive ketones (excluding diaryl/α,β-unsaturated/α-hetero) is 1. The van der Waals surface area contributed by atoms with E-state index in [2.05, 4.69) is 0 Å². The molecule has 0 amide bonds. The van der Waals surface area contributed by atoms with E-state index >= 15 is 0 Å². The molecule has 2 aromatic carbocycles. The molecule has 0 aliphatic rings. The van der Waals surface area contributed by atoms with Crippen molar-refractivity contribution in [3.63, 3.8) is 0 Å². The third-order valence-corrected chi connectivity index (χ3v) is 4.21. The highest BCUT2D eigenvalue weighted by Crippen LogP contribution is 2.32. The van der Waals surface area contributed by atoms with Gasteiger partial charge >= 0.3 is 0 Å². The van der Waals surface area contributed by atoms with Gasteiger partial charge in [-0.3, -0.25) is 14.9 Å². The average molecular weight is 388 g/mol. The van der Waals surface area contributed by atoms with Gasteiger partial charge in [0.2, 0.25) is 0 Å². The summed E-state index contributed by atoms with van der Waals surface area (Å²) in [6, 6.07) is 4.47. The van der Waals surface area contributed by atoms with Crippen molar-refractivity contribution in [1.82, 2.24) is 0 Å². The van der Waals surface area contributed by atoms with Crippen LogP contribution in [0.2, 0.25) is 0 Å². The molecule has 0 spiro atoms. The second-order valence-electron chi connectivity index (χ2n) is 4.77. The van der Waals surface area contributed by atoms with Crippen LogP contribution in [0.4, 0.5) is 23.2 Å². The standard InChI is InChI=1S/C15H7F4NO5S/c16-10-9(15(22)23)11(17)13(19)14(12(10)18)26-5-8(21)6-2-1-3-7(4-6)20(24)25/h1-4H,5H2,(H,22,23)/p-1. The third kappa shape index (κ3) is 3.67. The number of nitro benzene ring substituents is 1. The fourth-order valence-electron chi connectivity index (χ4n) is 1.93. The van der Waals surface area contributed by atoms with Gasteiger partial charge in [0.05, 0.1) is 27.1 Å². The molecule has 2 aromatic rings. The number of non-ortho nitro benzene ring substituents is 1. The number of aromatic carboxylic acids is 1. The Labute approximate surface area is 146 Å². The first kappa shape index (κ1) is 19.4. The van der Waals surface area contributed by atoms with Crippen LogP contribution in [0, 0.1) is 33.4 Å². The molecule has 0 aromatic heterocycles. The number of nitrogens with zero attached hydrogens (tertiary/aromatic N) is 1. The van der Waals surface area contributed by atoms with Crippen LogP contribution in [0.15, 0.2) is 29.2 Å². The predicted octanol–water partition coefficient (Wildman–Crippen LogP) is 2.49. The number of rotatable bonds is 6. The summed E-state index contributed by atoms with van der Waals surface area (Å²) in [5.74, 6) is -12.2. The van der Waals surface area contributed by atoms with E-state index < -0.39 is 61.8 Å². The fourth-order valence-corrected chi connectivity index (χ4v) is 2.81. The first-order valence-corrected chi connectivity index (χ1v) is 7.61. The molecule has 0 saturated carbocycles. The van der Waals surface area contributed by atoms with Crippen molar-refractivity contribution in [3.05, 3.63) is 68.8 Å². The van der Waals surface area contributed by atoms with Gasteiger partial charge in [-0.1, -0.05) is 12.1 Å². The molecule has 0 unspecified atom stereocenters.